The zero-order valence-electron chi connectivity index (χ0n) is 10.7. The van der Waals surface area contributed by atoms with Crippen molar-refractivity contribution in [3.63, 3.8) is 0 Å². The summed E-state index contributed by atoms with van der Waals surface area (Å²) in [5.74, 6) is 0. The molecular weight excluding hydrogens is 278 g/mol. The van der Waals surface area contributed by atoms with Crippen LogP contribution in [-0.2, 0) is 0 Å². The minimum Gasteiger partial charge on any atom is -0.336 e. The lowest BCUT2D eigenvalue weighted by molar-refractivity contribution is -0.304. The summed E-state index contributed by atoms with van der Waals surface area (Å²) in [5.41, 5.74) is -4.24. The number of urea groups is 1. The van der Waals surface area contributed by atoms with Crippen molar-refractivity contribution in [3.8, 4) is 0 Å². The molecule has 2 amide bonds. The number of halogens is 6. The van der Waals surface area contributed by atoms with E-state index >= 15 is 0 Å². The summed E-state index contributed by atoms with van der Waals surface area (Å²) < 4.78 is 76.1. The molecule has 0 bridgehead atoms. The van der Waals surface area contributed by atoms with E-state index in [1.54, 1.807) is 6.92 Å². The van der Waals surface area contributed by atoms with Gasteiger partial charge in [0.15, 0.2) is 0 Å². The van der Waals surface area contributed by atoms with E-state index in [1.165, 1.54) is 6.92 Å². The lowest BCUT2D eigenvalue weighted by Gasteiger charge is -2.37. The first kappa shape index (κ1) is 17.8. The Hall–Kier alpha value is -1.15. The number of alkyl halides is 6. The zero-order chi connectivity index (χ0) is 15.5. The second-order valence-corrected chi connectivity index (χ2v) is 4.16. The standard InChI is InChI=1S/C10H16F6N2O/c1-4-6(3)17-7(19)18-8(5-2,9(11,12)13)10(14,15)16/h6H,4-5H2,1-3H3,(H2,17,18,19). The molecule has 0 fully saturated rings. The van der Waals surface area contributed by atoms with Gasteiger partial charge in [-0.15, -0.1) is 0 Å². The lowest BCUT2D eigenvalue weighted by Crippen LogP contribution is -2.68. The monoisotopic (exact) mass is 294 g/mol. The normalized spacial score (nSPS) is 15.0. The Balaban J connectivity index is 5.25. The second kappa shape index (κ2) is 5.87. The lowest BCUT2D eigenvalue weighted by atomic mass is 9.94. The molecule has 0 radical (unpaired) electrons. The van der Waals surface area contributed by atoms with Crippen molar-refractivity contribution in [1.82, 2.24) is 10.6 Å². The van der Waals surface area contributed by atoms with Gasteiger partial charge in [0.2, 0.25) is 5.54 Å². The average molecular weight is 294 g/mol. The molecular formula is C10H16F6N2O. The highest BCUT2D eigenvalue weighted by Gasteiger charge is 2.70. The van der Waals surface area contributed by atoms with E-state index in [4.69, 9.17) is 0 Å². The summed E-state index contributed by atoms with van der Waals surface area (Å²) in [6.45, 7) is 3.81. The SMILES string of the molecule is CCC(C)NC(=O)NC(CC)(C(F)(F)F)C(F)(F)F. The van der Waals surface area contributed by atoms with Gasteiger partial charge in [0.1, 0.15) is 0 Å². The summed E-state index contributed by atoms with van der Waals surface area (Å²) in [6.07, 6.45) is -12.2. The summed E-state index contributed by atoms with van der Waals surface area (Å²) in [5, 5.41) is 3.04. The van der Waals surface area contributed by atoms with Crippen LogP contribution >= 0.6 is 0 Å². The number of hydrogen-bond acceptors (Lipinski definition) is 1. The van der Waals surface area contributed by atoms with Gasteiger partial charge in [0.05, 0.1) is 0 Å². The molecule has 3 nitrogen and oxygen atoms in total. The maximum absolute atomic E-state index is 12.7. The number of hydrogen-bond donors (Lipinski definition) is 2. The van der Waals surface area contributed by atoms with Crippen LogP contribution in [-0.4, -0.2) is 30.0 Å². The van der Waals surface area contributed by atoms with Crippen LogP contribution in [0, 0.1) is 0 Å². The Bertz CT molecular complexity index is 298. The molecule has 114 valence electrons. The van der Waals surface area contributed by atoms with Crippen LogP contribution in [0.25, 0.3) is 0 Å². The van der Waals surface area contributed by atoms with Crippen LogP contribution in [0.4, 0.5) is 31.1 Å². The first-order valence-electron chi connectivity index (χ1n) is 5.63. The van der Waals surface area contributed by atoms with Crippen molar-refractivity contribution in [2.75, 3.05) is 0 Å². The molecule has 0 rings (SSSR count). The van der Waals surface area contributed by atoms with Crippen molar-refractivity contribution < 1.29 is 31.1 Å². The largest absolute Gasteiger partial charge is 0.420 e. The second-order valence-electron chi connectivity index (χ2n) is 4.16. The molecule has 19 heavy (non-hydrogen) atoms. The van der Waals surface area contributed by atoms with Crippen molar-refractivity contribution in [3.05, 3.63) is 0 Å². The van der Waals surface area contributed by atoms with Crippen LogP contribution in [0.3, 0.4) is 0 Å². The van der Waals surface area contributed by atoms with Gasteiger partial charge in [-0.2, -0.15) is 26.3 Å². The van der Waals surface area contributed by atoms with E-state index in [0.717, 1.165) is 5.32 Å². The molecule has 0 saturated heterocycles. The van der Waals surface area contributed by atoms with E-state index < -0.39 is 36.4 Å². The maximum Gasteiger partial charge on any atom is 0.420 e. The van der Waals surface area contributed by atoms with E-state index in [-0.39, 0.29) is 0 Å². The molecule has 0 aliphatic carbocycles. The van der Waals surface area contributed by atoms with Gasteiger partial charge < -0.3 is 10.6 Å². The fourth-order valence-corrected chi connectivity index (χ4v) is 1.35. The fourth-order valence-electron chi connectivity index (χ4n) is 1.35. The van der Waals surface area contributed by atoms with Crippen molar-refractivity contribution in [2.45, 2.75) is 57.5 Å². The third kappa shape index (κ3) is 3.90. The number of nitrogens with one attached hydrogen (secondary N) is 2. The van der Waals surface area contributed by atoms with E-state index in [9.17, 15) is 31.1 Å². The Morgan fingerprint density at radius 3 is 1.74 bits per heavy atom. The fraction of sp³-hybridized carbons (Fsp3) is 0.900. The van der Waals surface area contributed by atoms with E-state index in [0.29, 0.717) is 13.3 Å². The minimum absolute atomic E-state index is 0.380. The molecule has 0 heterocycles. The quantitative estimate of drug-likeness (QED) is 0.767. The van der Waals surface area contributed by atoms with Gasteiger partial charge in [0.25, 0.3) is 0 Å². The third-order valence-corrected chi connectivity index (χ3v) is 2.81. The first-order valence-corrected chi connectivity index (χ1v) is 5.63. The number of amides is 2. The van der Waals surface area contributed by atoms with Gasteiger partial charge in [-0.1, -0.05) is 13.8 Å². The molecule has 1 atom stereocenters. The van der Waals surface area contributed by atoms with E-state index in [2.05, 4.69) is 0 Å². The Morgan fingerprint density at radius 1 is 1.05 bits per heavy atom. The average Bonchev–Trinajstić information content (AvgIpc) is 2.21. The summed E-state index contributed by atoms with van der Waals surface area (Å²) >= 11 is 0. The molecule has 0 aliphatic heterocycles. The molecule has 0 aromatic heterocycles. The zero-order valence-corrected chi connectivity index (χ0v) is 10.7. The predicted molar refractivity (Wildman–Crippen MR) is 56.6 cm³/mol. The summed E-state index contributed by atoms with van der Waals surface area (Å²) in [7, 11) is 0. The molecule has 0 spiro atoms. The van der Waals surface area contributed by atoms with Crippen molar-refractivity contribution in [2.24, 2.45) is 0 Å². The Labute approximate surface area is 106 Å². The molecule has 1 unspecified atom stereocenters. The highest BCUT2D eigenvalue weighted by atomic mass is 19.4. The van der Waals surface area contributed by atoms with Gasteiger partial charge in [-0.3, -0.25) is 0 Å². The predicted octanol–water partition coefficient (Wildman–Crippen LogP) is 3.36. The van der Waals surface area contributed by atoms with Gasteiger partial charge in [-0.05, 0) is 19.8 Å². The van der Waals surface area contributed by atoms with Gasteiger partial charge >= 0.3 is 18.4 Å². The molecule has 0 aromatic carbocycles. The van der Waals surface area contributed by atoms with Crippen LogP contribution in [0.1, 0.15) is 33.6 Å². The van der Waals surface area contributed by atoms with Crippen LogP contribution in [0.15, 0.2) is 0 Å². The molecule has 0 saturated carbocycles. The molecule has 0 aromatic rings. The highest BCUT2D eigenvalue weighted by Crippen LogP contribution is 2.45. The number of rotatable bonds is 4. The van der Waals surface area contributed by atoms with E-state index in [1.807, 2.05) is 5.32 Å². The van der Waals surface area contributed by atoms with Crippen molar-refractivity contribution in [1.29, 1.82) is 0 Å². The van der Waals surface area contributed by atoms with Crippen LogP contribution in [0.2, 0.25) is 0 Å². The van der Waals surface area contributed by atoms with Crippen LogP contribution < -0.4 is 10.6 Å². The number of carbonyl (C=O) groups excluding carboxylic acids is 1. The summed E-state index contributed by atoms with van der Waals surface area (Å²) in [4.78, 5) is 11.3. The Morgan fingerprint density at radius 2 is 1.47 bits per heavy atom. The molecule has 2 N–H and O–H groups in total. The summed E-state index contributed by atoms with van der Waals surface area (Å²) in [6, 6.07) is -2.03. The maximum atomic E-state index is 12.7. The number of carbonyl (C=O) groups is 1. The minimum atomic E-state index is -5.63. The highest BCUT2D eigenvalue weighted by molar-refractivity contribution is 5.75. The van der Waals surface area contributed by atoms with Gasteiger partial charge in [0, 0.05) is 6.04 Å². The smallest absolute Gasteiger partial charge is 0.336 e. The molecule has 9 heteroatoms. The van der Waals surface area contributed by atoms with Gasteiger partial charge in [-0.25, -0.2) is 4.79 Å². The topological polar surface area (TPSA) is 41.1 Å². The molecule has 0 aliphatic rings. The van der Waals surface area contributed by atoms with Crippen LogP contribution in [0.5, 0.6) is 0 Å². The first-order chi connectivity index (χ1) is 8.41. The van der Waals surface area contributed by atoms with Crippen molar-refractivity contribution >= 4 is 6.03 Å². The Kier molecular flexibility index (Phi) is 5.52. The third-order valence-electron chi connectivity index (χ3n) is 2.81.